The molecule has 1 aromatic heterocycles. The molecule has 2 N–H and O–H groups in total. The van der Waals surface area contributed by atoms with Crippen LogP contribution in [0.5, 0.6) is 5.75 Å². The maximum Gasteiger partial charge on any atom is 0.355 e. The first kappa shape index (κ1) is 18.6. The fourth-order valence-corrected chi connectivity index (χ4v) is 2.81. The molecular weight excluding hydrogens is 320 g/mol. The van der Waals surface area contributed by atoms with Gasteiger partial charge in [0.05, 0.1) is 19.3 Å². The minimum atomic E-state index is -0.448. The number of amides is 1. The number of carbonyl (C=O) groups excluding carboxylic acids is 2. The van der Waals surface area contributed by atoms with Crippen molar-refractivity contribution in [1.82, 2.24) is 10.3 Å². The van der Waals surface area contributed by atoms with Gasteiger partial charge in [-0.2, -0.15) is 0 Å². The summed E-state index contributed by atoms with van der Waals surface area (Å²) in [6.07, 6.45) is 0.656. The zero-order valence-electron chi connectivity index (χ0n) is 15.1. The van der Waals surface area contributed by atoms with Gasteiger partial charge in [-0.05, 0) is 44.4 Å². The van der Waals surface area contributed by atoms with Crippen LogP contribution in [0.4, 0.5) is 0 Å². The van der Waals surface area contributed by atoms with E-state index >= 15 is 0 Å². The van der Waals surface area contributed by atoms with E-state index in [2.05, 4.69) is 10.3 Å². The van der Waals surface area contributed by atoms with E-state index in [0.717, 1.165) is 11.3 Å². The van der Waals surface area contributed by atoms with Gasteiger partial charge in [0, 0.05) is 12.2 Å². The normalized spacial score (nSPS) is 10.4. The number of rotatable bonds is 7. The van der Waals surface area contributed by atoms with Gasteiger partial charge in [0.2, 0.25) is 0 Å². The Morgan fingerprint density at radius 2 is 1.92 bits per heavy atom. The fraction of sp³-hybridized carbons (Fsp3) is 0.368. The van der Waals surface area contributed by atoms with Crippen molar-refractivity contribution in [3.05, 3.63) is 52.3 Å². The number of esters is 1. The molecule has 25 heavy (non-hydrogen) atoms. The van der Waals surface area contributed by atoms with Gasteiger partial charge in [0.1, 0.15) is 11.4 Å². The Morgan fingerprint density at radius 3 is 2.60 bits per heavy atom. The number of aromatic amines is 1. The standard InChI is InChI=1S/C19H24N2O4/c1-5-25-19(23)17-12(2)16(13(3)21-17)18(22)20-11-10-14-8-6-7-9-15(14)24-4/h6-9,21H,5,10-11H2,1-4H3,(H,20,22). The Kier molecular flexibility index (Phi) is 6.22. The van der Waals surface area contributed by atoms with Crippen LogP contribution in [0.3, 0.4) is 0 Å². The predicted octanol–water partition coefficient (Wildman–Crippen LogP) is 2.79. The smallest absolute Gasteiger partial charge is 0.355 e. The number of benzene rings is 1. The highest BCUT2D eigenvalue weighted by Crippen LogP contribution is 2.20. The number of hydrogen-bond acceptors (Lipinski definition) is 4. The lowest BCUT2D eigenvalue weighted by Crippen LogP contribution is -2.26. The minimum absolute atomic E-state index is 0.211. The van der Waals surface area contributed by atoms with E-state index in [9.17, 15) is 9.59 Å². The van der Waals surface area contributed by atoms with Crippen LogP contribution in [0, 0.1) is 13.8 Å². The number of aryl methyl sites for hydroxylation is 1. The second-order valence-electron chi connectivity index (χ2n) is 5.66. The van der Waals surface area contributed by atoms with Gasteiger partial charge >= 0.3 is 5.97 Å². The number of hydrogen-bond donors (Lipinski definition) is 2. The van der Waals surface area contributed by atoms with E-state index in [1.807, 2.05) is 24.3 Å². The van der Waals surface area contributed by atoms with Gasteiger partial charge in [-0.1, -0.05) is 18.2 Å². The number of ether oxygens (including phenoxy) is 2. The van der Waals surface area contributed by atoms with E-state index in [4.69, 9.17) is 9.47 Å². The predicted molar refractivity (Wildman–Crippen MR) is 95.3 cm³/mol. The summed E-state index contributed by atoms with van der Waals surface area (Å²) in [5.74, 6) is 0.142. The highest BCUT2D eigenvalue weighted by atomic mass is 16.5. The van der Waals surface area contributed by atoms with Crippen molar-refractivity contribution in [3.63, 3.8) is 0 Å². The molecule has 1 aromatic carbocycles. The number of aromatic nitrogens is 1. The van der Waals surface area contributed by atoms with Crippen LogP contribution in [0.15, 0.2) is 24.3 Å². The Morgan fingerprint density at radius 1 is 1.20 bits per heavy atom. The quantitative estimate of drug-likeness (QED) is 0.757. The van der Waals surface area contributed by atoms with E-state index < -0.39 is 5.97 Å². The third kappa shape index (κ3) is 4.21. The summed E-state index contributed by atoms with van der Waals surface area (Å²) in [7, 11) is 1.63. The topological polar surface area (TPSA) is 80.4 Å². The average molecular weight is 344 g/mol. The van der Waals surface area contributed by atoms with E-state index in [-0.39, 0.29) is 12.5 Å². The van der Waals surface area contributed by atoms with Crippen LogP contribution in [0.1, 0.15) is 44.6 Å². The Bertz CT molecular complexity index is 765. The van der Waals surface area contributed by atoms with Crippen LogP contribution in [-0.4, -0.2) is 37.1 Å². The molecule has 6 nitrogen and oxygen atoms in total. The van der Waals surface area contributed by atoms with Gasteiger partial charge in [-0.15, -0.1) is 0 Å². The van der Waals surface area contributed by atoms with Crippen molar-refractivity contribution in [2.45, 2.75) is 27.2 Å². The minimum Gasteiger partial charge on any atom is -0.496 e. The largest absolute Gasteiger partial charge is 0.496 e. The first-order chi connectivity index (χ1) is 12.0. The first-order valence-electron chi connectivity index (χ1n) is 8.25. The highest BCUT2D eigenvalue weighted by molar-refractivity contribution is 6.01. The molecule has 0 spiro atoms. The maximum atomic E-state index is 12.5. The summed E-state index contributed by atoms with van der Waals surface area (Å²) < 4.78 is 10.3. The van der Waals surface area contributed by atoms with E-state index in [1.54, 1.807) is 27.9 Å². The fourth-order valence-electron chi connectivity index (χ4n) is 2.81. The van der Waals surface area contributed by atoms with Gasteiger partial charge in [0.15, 0.2) is 0 Å². The zero-order valence-corrected chi connectivity index (χ0v) is 15.1. The lowest BCUT2D eigenvalue weighted by Gasteiger charge is -2.09. The van der Waals surface area contributed by atoms with Gasteiger partial charge < -0.3 is 19.8 Å². The number of carbonyl (C=O) groups is 2. The van der Waals surface area contributed by atoms with Crippen molar-refractivity contribution in [2.24, 2.45) is 0 Å². The number of methoxy groups -OCH3 is 1. The second kappa shape index (κ2) is 8.37. The lowest BCUT2D eigenvalue weighted by molar-refractivity contribution is 0.0519. The molecule has 6 heteroatoms. The molecule has 0 fully saturated rings. The summed E-state index contributed by atoms with van der Waals surface area (Å²) >= 11 is 0. The van der Waals surface area contributed by atoms with Crippen LogP contribution in [0.25, 0.3) is 0 Å². The summed E-state index contributed by atoms with van der Waals surface area (Å²) in [6.45, 7) is 6.01. The summed E-state index contributed by atoms with van der Waals surface area (Å²) in [4.78, 5) is 27.4. The molecule has 1 heterocycles. The molecule has 2 aromatic rings. The van der Waals surface area contributed by atoms with Crippen LogP contribution in [-0.2, 0) is 11.2 Å². The van der Waals surface area contributed by atoms with E-state index in [1.165, 1.54) is 0 Å². The molecule has 0 aliphatic carbocycles. The van der Waals surface area contributed by atoms with Gasteiger partial charge in [0.25, 0.3) is 5.91 Å². The number of para-hydroxylation sites is 1. The summed E-state index contributed by atoms with van der Waals surface area (Å²) in [5.41, 5.74) is 3.10. The van der Waals surface area contributed by atoms with Crippen molar-refractivity contribution in [1.29, 1.82) is 0 Å². The molecule has 0 unspecified atom stereocenters. The summed E-state index contributed by atoms with van der Waals surface area (Å²) in [5, 5.41) is 2.90. The van der Waals surface area contributed by atoms with Gasteiger partial charge in [-0.25, -0.2) is 4.79 Å². The van der Waals surface area contributed by atoms with Crippen LogP contribution in [0.2, 0.25) is 0 Å². The molecule has 0 bridgehead atoms. The monoisotopic (exact) mass is 344 g/mol. The molecule has 0 atom stereocenters. The van der Waals surface area contributed by atoms with Crippen molar-refractivity contribution < 1.29 is 19.1 Å². The van der Waals surface area contributed by atoms with Crippen LogP contribution < -0.4 is 10.1 Å². The number of H-pyrrole nitrogens is 1. The van der Waals surface area contributed by atoms with Gasteiger partial charge in [-0.3, -0.25) is 4.79 Å². The molecule has 0 radical (unpaired) electrons. The third-order valence-electron chi connectivity index (χ3n) is 4.02. The Balaban J connectivity index is 2.05. The molecular formula is C19H24N2O4. The van der Waals surface area contributed by atoms with Crippen molar-refractivity contribution in [3.8, 4) is 5.75 Å². The number of nitrogens with one attached hydrogen (secondary N) is 2. The molecule has 1 amide bonds. The molecule has 2 rings (SSSR count). The van der Waals surface area contributed by atoms with Crippen molar-refractivity contribution in [2.75, 3.05) is 20.3 Å². The Labute approximate surface area is 147 Å². The second-order valence-corrected chi connectivity index (χ2v) is 5.66. The summed E-state index contributed by atoms with van der Waals surface area (Å²) in [6, 6.07) is 7.70. The molecule has 134 valence electrons. The van der Waals surface area contributed by atoms with Crippen molar-refractivity contribution >= 4 is 11.9 Å². The van der Waals surface area contributed by atoms with E-state index in [0.29, 0.717) is 35.5 Å². The average Bonchev–Trinajstić information content (AvgIpc) is 2.90. The maximum absolute atomic E-state index is 12.5. The lowest BCUT2D eigenvalue weighted by atomic mass is 10.1. The first-order valence-corrected chi connectivity index (χ1v) is 8.25. The molecule has 0 saturated heterocycles. The SMILES string of the molecule is CCOC(=O)c1[nH]c(C)c(C(=O)NCCc2ccccc2OC)c1C. The molecule has 0 aliphatic heterocycles. The molecule has 0 saturated carbocycles. The Hall–Kier alpha value is -2.76. The molecule has 0 aliphatic rings. The highest BCUT2D eigenvalue weighted by Gasteiger charge is 2.22. The zero-order chi connectivity index (χ0) is 18.4. The third-order valence-corrected chi connectivity index (χ3v) is 4.02. The van der Waals surface area contributed by atoms with Crippen LogP contribution >= 0.6 is 0 Å².